The number of nitrogens with one attached hydrogen (secondary N) is 2. The molecule has 0 saturated carbocycles. The largest absolute Gasteiger partial charge is 0.394 e. The second-order valence-electron chi connectivity index (χ2n) is 4.48. The third-order valence-electron chi connectivity index (χ3n) is 3.43. The van der Waals surface area contributed by atoms with E-state index >= 15 is 0 Å². The maximum Gasteiger partial charge on any atom is 0.0647 e. The van der Waals surface area contributed by atoms with Gasteiger partial charge in [0.1, 0.15) is 0 Å². The van der Waals surface area contributed by atoms with Gasteiger partial charge in [0, 0.05) is 42.4 Å². The van der Waals surface area contributed by atoms with Crippen LogP contribution in [0.1, 0.15) is 0 Å². The molecule has 0 radical (unpaired) electrons. The van der Waals surface area contributed by atoms with Gasteiger partial charge >= 0.3 is 0 Å². The first-order chi connectivity index (χ1) is 8.38. The Morgan fingerprint density at radius 2 is 2.29 bits per heavy atom. The smallest absolute Gasteiger partial charge is 0.0647 e. The second kappa shape index (κ2) is 4.39. The predicted molar refractivity (Wildman–Crippen MR) is 69.4 cm³/mol. The normalized spacial score (nSPS) is 21.0. The van der Waals surface area contributed by atoms with Gasteiger partial charge in [-0.2, -0.15) is 0 Å². The number of aliphatic hydroxyl groups is 1. The second-order valence-corrected chi connectivity index (χ2v) is 4.48. The number of piperazine rings is 1. The van der Waals surface area contributed by atoms with E-state index in [4.69, 9.17) is 0 Å². The molecule has 0 aliphatic carbocycles. The van der Waals surface area contributed by atoms with Gasteiger partial charge in [-0.3, -0.25) is 0 Å². The number of anilines is 1. The van der Waals surface area contributed by atoms with E-state index in [1.165, 1.54) is 11.1 Å². The lowest BCUT2D eigenvalue weighted by Gasteiger charge is -2.37. The van der Waals surface area contributed by atoms with Crippen LogP contribution in [0.5, 0.6) is 0 Å². The van der Waals surface area contributed by atoms with Crippen LogP contribution >= 0.6 is 0 Å². The summed E-state index contributed by atoms with van der Waals surface area (Å²) < 4.78 is 0. The molecular weight excluding hydrogens is 214 g/mol. The first kappa shape index (κ1) is 10.6. The van der Waals surface area contributed by atoms with E-state index in [0.717, 1.165) is 25.2 Å². The Labute approximate surface area is 100 Å². The fourth-order valence-electron chi connectivity index (χ4n) is 2.48. The molecule has 1 atom stereocenters. The summed E-state index contributed by atoms with van der Waals surface area (Å²) in [5, 5.41) is 13.9. The van der Waals surface area contributed by atoms with Crippen LogP contribution in [0.3, 0.4) is 0 Å². The van der Waals surface area contributed by atoms with Crippen molar-refractivity contribution in [3.63, 3.8) is 0 Å². The molecule has 2 aromatic rings. The molecule has 0 spiro atoms. The summed E-state index contributed by atoms with van der Waals surface area (Å²) >= 11 is 0. The average molecular weight is 231 g/mol. The minimum Gasteiger partial charge on any atom is -0.394 e. The molecule has 0 unspecified atom stereocenters. The van der Waals surface area contributed by atoms with E-state index < -0.39 is 0 Å². The minimum absolute atomic E-state index is 0.181. The lowest BCUT2D eigenvalue weighted by atomic mass is 10.1. The molecule has 1 aliphatic heterocycles. The van der Waals surface area contributed by atoms with Crippen molar-refractivity contribution in [2.75, 3.05) is 31.1 Å². The van der Waals surface area contributed by atoms with Crippen LogP contribution in [0.2, 0.25) is 0 Å². The predicted octanol–water partition coefficient (Wildman–Crippen LogP) is 0.938. The third kappa shape index (κ3) is 1.90. The number of aromatic amines is 1. The van der Waals surface area contributed by atoms with Gasteiger partial charge in [-0.25, -0.2) is 0 Å². The van der Waals surface area contributed by atoms with Crippen molar-refractivity contribution in [3.8, 4) is 0 Å². The van der Waals surface area contributed by atoms with Gasteiger partial charge in [0.15, 0.2) is 0 Å². The lowest BCUT2D eigenvalue weighted by molar-refractivity contribution is 0.246. The fraction of sp³-hybridized carbons (Fsp3) is 0.385. The summed E-state index contributed by atoms with van der Waals surface area (Å²) in [6.45, 7) is 2.96. The SMILES string of the molecule is OC[C@@H]1CNCCN1c1ccc2[nH]ccc2c1. The molecule has 1 fully saturated rings. The van der Waals surface area contributed by atoms with E-state index in [-0.39, 0.29) is 12.6 Å². The molecular formula is C13H17N3O. The molecule has 0 amide bonds. The number of benzene rings is 1. The van der Waals surface area contributed by atoms with Crippen LogP contribution in [0.25, 0.3) is 10.9 Å². The average Bonchev–Trinajstić information content (AvgIpc) is 2.85. The Hall–Kier alpha value is -1.52. The van der Waals surface area contributed by atoms with E-state index in [1.54, 1.807) is 0 Å². The van der Waals surface area contributed by atoms with Crippen molar-refractivity contribution in [3.05, 3.63) is 30.5 Å². The van der Waals surface area contributed by atoms with E-state index in [9.17, 15) is 5.11 Å². The molecule has 17 heavy (non-hydrogen) atoms. The monoisotopic (exact) mass is 231 g/mol. The van der Waals surface area contributed by atoms with E-state index in [2.05, 4.69) is 39.5 Å². The summed E-state index contributed by atoms with van der Waals surface area (Å²) in [6.07, 6.45) is 1.95. The molecule has 1 aliphatic rings. The van der Waals surface area contributed by atoms with Gasteiger partial charge in [-0.15, -0.1) is 0 Å². The molecule has 1 saturated heterocycles. The number of rotatable bonds is 2. The van der Waals surface area contributed by atoms with Crippen LogP contribution in [-0.4, -0.2) is 42.4 Å². The zero-order chi connectivity index (χ0) is 11.7. The van der Waals surface area contributed by atoms with Gasteiger partial charge in [0.2, 0.25) is 0 Å². The lowest BCUT2D eigenvalue weighted by Crippen LogP contribution is -2.53. The number of H-pyrrole nitrogens is 1. The summed E-state index contributed by atoms with van der Waals surface area (Å²) in [4.78, 5) is 5.48. The van der Waals surface area contributed by atoms with Gasteiger partial charge in [0.25, 0.3) is 0 Å². The van der Waals surface area contributed by atoms with Crippen LogP contribution < -0.4 is 10.2 Å². The van der Waals surface area contributed by atoms with Gasteiger partial charge < -0.3 is 20.3 Å². The van der Waals surface area contributed by atoms with Crippen molar-refractivity contribution in [1.82, 2.24) is 10.3 Å². The maximum atomic E-state index is 9.41. The van der Waals surface area contributed by atoms with Crippen LogP contribution in [0, 0.1) is 0 Å². The zero-order valence-corrected chi connectivity index (χ0v) is 9.69. The molecule has 1 aromatic carbocycles. The zero-order valence-electron chi connectivity index (χ0n) is 9.69. The number of aliphatic hydroxyl groups excluding tert-OH is 1. The van der Waals surface area contributed by atoms with E-state index in [1.807, 2.05) is 6.20 Å². The van der Waals surface area contributed by atoms with Crippen LogP contribution in [0.15, 0.2) is 30.5 Å². The van der Waals surface area contributed by atoms with Crippen LogP contribution in [-0.2, 0) is 0 Å². The number of aromatic nitrogens is 1. The third-order valence-corrected chi connectivity index (χ3v) is 3.43. The Bertz CT molecular complexity index is 508. The highest BCUT2D eigenvalue weighted by atomic mass is 16.3. The molecule has 1 aromatic heterocycles. The molecule has 4 nitrogen and oxygen atoms in total. The number of hydrogen-bond acceptors (Lipinski definition) is 3. The molecule has 3 rings (SSSR count). The van der Waals surface area contributed by atoms with Crippen LogP contribution in [0.4, 0.5) is 5.69 Å². The number of nitrogens with zero attached hydrogens (tertiary/aromatic N) is 1. The Balaban J connectivity index is 1.95. The topological polar surface area (TPSA) is 51.3 Å². The fourth-order valence-corrected chi connectivity index (χ4v) is 2.48. The molecule has 3 N–H and O–H groups in total. The number of fused-ring (bicyclic) bond motifs is 1. The Morgan fingerprint density at radius 1 is 1.35 bits per heavy atom. The van der Waals surface area contributed by atoms with Crippen molar-refractivity contribution >= 4 is 16.6 Å². The maximum absolute atomic E-state index is 9.41. The summed E-state index contributed by atoms with van der Waals surface area (Å²) in [5.74, 6) is 0. The summed E-state index contributed by atoms with van der Waals surface area (Å²) in [5.41, 5.74) is 2.35. The first-order valence-corrected chi connectivity index (χ1v) is 6.04. The Morgan fingerprint density at radius 3 is 3.18 bits per heavy atom. The molecule has 0 bridgehead atoms. The standard InChI is InChI=1S/C13H17N3O/c17-9-12-8-14-5-6-16(12)11-1-2-13-10(7-11)3-4-15-13/h1-4,7,12,14-15,17H,5-6,8-9H2/t12-/m0/s1. The molecule has 2 heterocycles. The molecule has 4 heteroatoms. The minimum atomic E-state index is 0.181. The van der Waals surface area contributed by atoms with Crippen molar-refractivity contribution < 1.29 is 5.11 Å². The summed E-state index contributed by atoms with van der Waals surface area (Å²) in [6, 6.07) is 8.66. The van der Waals surface area contributed by atoms with Gasteiger partial charge in [-0.05, 0) is 24.3 Å². The number of hydrogen-bond donors (Lipinski definition) is 3. The quantitative estimate of drug-likeness (QED) is 0.721. The highest BCUT2D eigenvalue weighted by Gasteiger charge is 2.21. The highest BCUT2D eigenvalue weighted by Crippen LogP contribution is 2.23. The van der Waals surface area contributed by atoms with Crippen molar-refractivity contribution in [2.45, 2.75) is 6.04 Å². The van der Waals surface area contributed by atoms with Gasteiger partial charge in [-0.1, -0.05) is 0 Å². The summed E-state index contributed by atoms with van der Waals surface area (Å²) in [7, 11) is 0. The first-order valence-electron chi connectivity index (χ1n) is 6.04. The highest BCUT2D eigenvalue weighted by molar-refractivity contribution is 5.83. The molecule has 90 valence electrons. The Kier molecular flexibility index (Phi) is 2.74. The van der Waals surface area contributed by atoms with Crippen molar-refractivity contribution in [2.24, 2.45) is 0 Å². The van der Waals surface area contributed by atoms with Gasteiger partial charge in [0.05, 0.1) is 12.6 Å². The van der Waals surface area contributed by atoms with Crippen molar-refractivity contribution in [1.29, 1.82) is 0 Å². The van der Waals surface area contributed by atoms with E-state index in [0.29, 0.717) is 0 Å².